The molecule has 1 fully saturated rings. The van der Waals surface area contributed by atoms with E-state index < -0.39 is 5.41 Å². The largest absolute Gasteiger partial charge is 0.341 e. The Bertz CT molecular complexity index is 534. The van der Waals surface area contributed by atoms with Gasteiger partial charge in [0.15, 0.2) is 0 Å². The lowest BCUT2D eigenvalue weighted by atomic mass is 9.90. The van der Waals surface area contributed by atoms with E-state index in [0.717, 1.165) is 25.1 Å². The van der Waals surface area contributed by atoms with Gasteiger partial charge in [0.1, 0.15) is 0 Å². The smallest absolute Gasteiger partial charge is 0.231 e. The van der Waals surface area contributed by atoms with E-state index in [1.54, 1.807) is 4.90 Å². The predicted molar refractivity (Wildman–Crippen MR) is 88.6 cm³/mol. The van der Waals surface area contributed by atoms with Crippen molar-refractivity contribution in [2.45, 2.75) is 33.6 Å². The minimum absolute atomic E-state index is 0.0950. The van der Waals surface area contributed by atoms with Crippen LogP contribution in [0.5, 0.6) is 0 Å². The maximum atomic E-state index is 12.7. The minimum atomic E-state index is -0.393. The van der Waals surface area contributed by atoms with Gasteiger partial charge in [0.05, 0.1) is 5.92 Å². The van der Waals surface area contributed by atoms with Crippen molar-refractivity contribution in [1.29, 1.82) is 0 Å². The van der Waals surface area contributed by atoms with E-state index in [0.29, 0.717) is 6.54 Å². The van der Waals surface area contributed by atoms with Crippen molar-refractivity contribution in [1.82, 2.24) is 4.90 Å². The summed E-state index contributed by atoms with van der Waals surface area (Å²) in [7, 11) is 1.81. The van der Waals surface area contributed by atoms with Crippen LogP contribution >= 0.6 is 0 Å². The predicted octanol–water partition coefficient (Wildman–Crippen LogP) is 2.93. The second kappa shape index (κ2) is 6.51. The molecular formula is C18H26N2O2. The number of anilines is 1. The molecule has 120 valence electrons. The Kier molecular flexibility index (Phi) is 4.89. The zero-order valence-corrected chi connectivity index (χ0v) is 14.0. The van der Waals surface area contributed by atoms with Gasteiger partial charge in [0.2, 0.25) is 11.8 Å². The van der Waals surface area contributed by atoms with Crippen molar-refractivity contribution >= 4 is 17.5 Å². The quantitative estimate of drug-likeness (QED) is 0.843. The van der Waals surface area contributed by atoms with E-state index in [4.69, 9.17) is 0 Å². The van der Waals surface area contributed by atoms with Crippen LogP contribution in [0.1, 0.15) is 33.6 Å². The molecular weight excluding hydrogens is 276 g/mol. The first-order chi connectivity index (χ1) is 10.3. The van der Waals surface area contributed by atoms with Gasteiger partial charge in [0, 0.05) is 31.2 Å². The molecule has 1 aliphatic rings. The van der Waals surface area contributed by atoms with Gasteiger partial charge in [0.25, 0.3) is 0 Å². The lowest BCUT2D eigenvalue weighted by molar-refractivity contribution is -0.142. The molecule has 0 bridgehead atoms. The maximum Gasteiger partial charge on any atom is 0.231 e. The van der Waals surface area contributed by atoms with Crippen LogP contribution < -0.4 is 4.90 Å². The van der Waals surface area contributed by atoms with E-state index in [9.17, 15) is 9.59 Å². The first kappa shape index (κ1) is 16.5. The molecule has 1 aliphatic heterocycles. The second-order valence-corrected chi connectivity index (χ2v) is 7.07. The summed E-state index contributed by atoms with van der Waals surface area (Å²) >= 11 is 0. The molecule has 0 saturated carbocycles. The fraction of sp³-hybridized carbons (Fsp3) is 0.556. The topological polar surface area (TPSA) is 40.6 Å². The summed E-state index contributed by atoms with van der Waals surface area (Å²) in [5.74, 6) is 0.121. The first-order valence-corrected chi connectivity index (χ1v) is 7.92. The summed E-state index contributed by atoms with van der Waals surface area (Å²) in [6, 6.07) is 9.65. The number of likely N-dealkylation sites (tertiary alicyclic amines) is 1. The van der Waals surface area contributed by atoms with E-state index in [-0.39, 0.29) is 17.7 Å². The fourth-order valence-corrected chi connectivity index (χ4v) is 2.89. The average molecular weight is 302 g/mol. The standard InChI is InChI=1S/C18H26N2O2/c1-18(2,3)17(22)20-12-8-9-14(13-20)16(21)19(4)15-10-6-5-7-11-15/h5-7,10-11,14H,8-9,12-13H2,1-4H3/t14-/m1/s1. The van der Waals surface area contributed by atoms with Gasteiger partial charge < -0.3 is 9.80 Å². The molecule has 1 heterocycles. The molecule has 1 saturated heterocycles. The summed E-state index contributed by atoms with van der Waals surface area (Å²) in [5, 5.41) is 0. The molecule has 1 aromatic carbocycles. The third kappa shape index (κ3) is 3.67. The van der Waals surface area contributed by atoms with Gasteiger partial charge in [-0.25, -0.2) is 0 Å². The van der Waals surface area contributed by atoms with Gasteiger partial charge in [-0.3, -0.25) is 9.59 Å². The van der Waals surface area contributed by atoms with Gasteiger partial charge in [-0.05, 0) is 25.0 Å². The summed E-state index contributed by atoms with van der Waals surface area (Å²) in [6.07, 6.45) is 1.74. The number of carbonyl (C=O) groups is 2. The number of carbonyl (C=O) groups excluding carboxylic acids is 2. The van der Waals surface area contributed by atoms with Crippen LogP contribution in [-0.2, 0) is 9.59 Å². The number of nitrogens with zero attached hydrogens (tertiary/aromatic N) is 2. The van der Waals surface area contributed by atoms with Crippen molar-refractivity contribution in [2.75, 3.05) is 25.0 Å². The van der Waals surface area contributed by atoms with E-state index in [1.807, 2.05) is 63.1 Å². The van der Waals surface area contributed by atoms with Crippen molar-refractivity contribution in [3.05, 3.63) is 30.3 Å². The van der Waals surface area contributed by atoms with Crippen LogP contribution in [0, 0.1) is 11.3 Å². The number of piperidine rings is 1. The number of rotatable bonds is 2. The molecule has 0 aromatic heterocycles. The maximum absolute atomic E-state index is 12.7. The van der Waals surface area contributed by atoms with Crippen LogP contribution in [0.4, 0.5) is 5.69 Å². The number of amides is 2. The van der Waals surface area contributed by atoms with E-state index in [2.05, 4.69) is 0 Å². The third-order valence-corrected chi connectivity index (χ3v) is 4.17. The molecule has 0 aliphatic carbocycles. The molecule has 2 amide bonds. The summed E-state index contributed by atoms with van der Waals surface area (Å²) < 4.78 is 0. The Hall–Kier alpha value is -1.84. The van der Waals surface area contributed by atoms with Gasteiger partial charge in [-0.1, -0.05) is 39.0 Å². The summed E-state index contributed by atoms with van der Waals surface area (Å²) in [4.78, 5) is 28.7. The van der Waals surface area contributed by atoms with Crippen LogP contribution in [0.3, 0.4) is 0 Å². The Morgan fingerprint density at radius 3 is 2.41 bits per heavy atom. The molecule has 0 unspecified atom stereocenters. The Morgan fingerprint density at radius 2 is 1.82 bits per heavy atom. The van der Waals surface area contributed by atoms with Gasteiger partial charge in [-0.15, -0.1) is 0 Å². The summed E-state index contributed by atoms with van der Waals surface area (Å²) in [5.41, 5.74) is 0.503. The summed E-state index contributed by atoms with van der Waals surface area (Å²) in [6.45, 7) is 7.08. The average Bonchev–Trinajstić information content (AvgIpc) is 2.52. The molecule has 1 atom stereocenters. The molecule has 2 rings (SSSR count). The van der Waals surface area contributed by atoms with Crippen LogP contribution in [0.25, 0.3) is 0 Å². The molecule has 1 aromatic rings. The van der Waals surface area contributed by atoms with Crippen molar-refractivity contribution in [3.8, 4) is 0 Å². The van der Waals surface area contributed by atoms with E-state index >= 15 is 0 Å². The Labute approximate surface area is 133 Å². The van der Waals surface area contributed by atoms with E-state index in [1.165, 1.54) is 0 Å². The zero-order chi connectivity index (χ0) is 16.3. The van der Waals surface area contributed by atoms with Gasteiger partial charge >= 0.3 is 0 Å². The monoisotopic (exact) mass is 302 g/mol. The van der Waals surface area contributed by atoms with Crippen molar-refractivity contribution in [3.63, 3.8) is 0 Å². The fourth-order valence-electron chi connectivity index (χ4n) is 2.89. The normalized spacial score (nSPS) is 18.9. The lowest BCUT2D eigenvalue weighted by Gasteiger charge is -2.37. The van der Waals surface area contributed by atoms with Crippen LogP contribution in [0.2, 0.25) is 0 Å². The zero-order valence-electron chi connectivity index (χ0n) is 14.0. The Morgan fingerprint density at radius 1 is 1.18 bits per heavy atom. The number of hydrogen-bond donors (Lipinski definition) is 0. The molecule has 4 heteroatoms. The molecule has 22 heavy (non-hydrogen) atoms. The molecule has 0 radical (unpaired) electrons. The highest BCUT2D eigenvalue weighted by molar-refractivity contribution is 5.95. The Balaban J connectivity index is 2.06. The number of para-hydroxylation sites is 1. The van der Waals surface area contributed by atoms with Crippen molar-refractivity contribution < 1.29 is 9.59 Å². The highest BCUT2D eigenvalue weighted by Crippen LogP contribution is 2.25. The number of hydrogen-bond acceptors (Lipinski definition) is 2. The lowest BCUT2D eigenvalue weighted by Crippen LogP contribution is -2.49. The third-order valence-electron chi connectivity index (χ3n) is 4.17. The SMILES string of the molecule is CN(C(=O)[C@@H]1CCCN(C(=O)C(C)(C)C)C1)c1ccccc1. The minimum Gasteiger partial charge on any atom is -0.341 e. The van der Waals surface area contributed by atoms with Crippen molar-refractivity contribution in [2.24, 2.45) is 11.3 Å². The highest BCUT2D eigenvalue weighted by atomic mass is 16.2. The molecule has 0 N–H and O–H groups in total. The molecule has 4 nitrogen and oxygen atoms in total. The second-order valence-electron chi connectivity index (χ2n) is 7.07. The highest BCUT2D eigenvalue weighted by Gasteiger charge is 2.34. The first-order valence-electron chi connectivity index (χ1n) is 7.92. The van der Waals surface area contributed by atoms with Crippen LogP contribution in [0.15, 0.2) is 30.3 Å². The van der Waals surface area contributed by atoms with Crippen LogP contribution in [-0.4, -0.2) is 36.9 Å². The van der Waals surface area contributed by atoms with Gasteiger partial charge in [-0.2, -0.15) is 0 Å². The number of benzene rings is 1. The molecule has 0 spiro atoms.